The zero-order chi connectivity index (χ0) is 13.2. The van der Waals surface area contributed by atoms with Crippen LogP contribution in [0.5, 0.6) is 0 Å². The molecule has 0 fully saturated rings. The number of rotatable bonds is 3. The molecule has 2 nitrogen and oxygen atoms in total. The molecule has 0 aliphatic heterocycles. The maximum Gasteiger partial charge on any atom is 0.142 e. The van der Waals surface area contributed by atoms with Crippen molar-refractivity contribution in [3.63, 3.8) is 0 Å². The van der Waals surface area contributed by atoms with Crippen LogP contribution < -0.4 is 5.32 Å². The summed E-state index contributed by atoms with van der Waals surface area (Å²) in [5, 5.41) is 4.36. The first kappa shape index (κ1) is 12.0. The van der Waals surface area contributed by atoms with Gasteiger partial charge in [0.1, 0.15) is 11.3 Å². The Hall–Kier alpha value is -2.06. The lowest BCUT2D eigenvalue weighted by Gasteiger charge is -2.05. The highest BCUT2D eigenvalue weighted by atomic mass is 16.3. The molecule has 3 rings (SSSR count). The Bertz CT molecular complexity index is 685. The van der Waals surface area contributed by atoms with E-state index in [0.29, 0.717) is 0 Å². The smallest absolute Gasteiger partial charge is 0.142 e. The molecule has 0 bridgehead atoms. The monoisotopic (exact) mass is 251 g/mol. The molecule has 0 aliphatic rings. The Balaban J connectivity index is 2.18. The summed E-state index contributed by atoms with van der Waals surface area (Å²) in [6.45, 7) is 2.10. The van der Waals surface area contributed by atoms with Crippen LogP contribution in [-0.2, 0) is 0 Å². The molecule has 0 saturated carbocycles. The molecule has 0 spiro atoms. The predicted octanol–water partition coefficient (Wildman–Crippen LogP) is 4.38. The fraction of sp³-hybridized carbons (Fsp3) is 0.176. The van der Waals surface area contributed by atoms with Gasteiger partial charge in [-0.25, -0.2) is 0 Å². The first-order valence-corrected chi connectivity index (χ1v) is 6.54. The molecule has 0 aliphatic carbocycles. The van der Waals surface area contributed by atoms with Crippen LogP contribution in [0.3, 0.4) is 0 Å². The topological polar surface area (TPSA) is 25.2 Å². The van der Waals surface area contributed by atoms with Crippen molar-refractivity contribution in [1.82, 2.24) is 5.32 Å². The fourth-order valence-electron chi connectivity index (χ4n) is 2.28. The maximum absolute atomic E-state index is 6.04. The van der Waals surface area contributed by atoms with Gasteiger partial charge in [0.05, 0.1) is 6.04 Å². The van der Waals surface area contributed by atoms with Crippen molar-refractivity contribution >= 4 is 11.0 Å². The molecule has 0 saturated heterocycles. The number of hydrogen-bond acceptors (Lipinski definition) is 2. The van der Waals surface area contributed by atoms with Gasteiger partial charge in [-0.3, -0.25) is 0 Å². The summed E-state index contributed by atoms with van der Waals surface area (Å²) in [6, 6.07) is 19.0. The van der Waals surface area contributed by atoms with Crippen molar-refractivity contribution in [3.05, 3.63) is 60.4 Å². The molecule has 1 atom stereocenters. The average Bonchev–Trinajstić information content (AvgIpc) is 2.91. The van der Waals surface area contributed by atoms with Crippen LogP contribution in [0.1, 0.15) is 18.7 Å². The zero-order valence-electron chi connectivity index (χ0n) is 11.2. The van der Waals surface area contributed by atoms with Crippen LogP contribution in [-0.4, -0.2) is 7.05 Å². The van der Waals surface area contributed by atoms with Gasteiger partial charge in [-0.1, -0.05) is 48.5 Å². The van der Waals surface area contributed by atoms with E-state index >= 15 is 0 Å². The van der Waals surface area contributed by atoms with Crippen LogP contribution in [0.25, 0.3) is 22.1 Å². The molecular formula is C17H17NO. The van der Waals surface area contributed by atoms with Crippen LogP contribution in [0, 0.1) is 0 Å². The van der Waals surface area contributed by atoms with Gasteiger partial charge < -0.3 is 9.73 Å². The Morgan fingerprint density at radius 1 is 1.00 bits per heavy atom. The second-order valence-electron chi connectivity index (χ2n) is 4.75. The lowest BCUT2D eigenvalue weighted by molar-refractivity contribution is 0.475. The molecule has 1 aromatic heterocycles. The fourth-order valence-corrected chi connectivity index (χ4v) is 2.28. The van der Waals surface area contributed by atoms with Gasteiger partial charge in [-0.2, -0.15) is 0 Å². The Kier molecular flexibility index (Phi) is 3.10. The van der Waals surface area contributed by atoms with E-state index in [9.17, 15) is 0 Å². The van der Waals surface area contributed by atoms with E-state index in [4.69, 9.17) is 4.42 Å². The van der Waals surface area contributed by atoms with Crippen molar-refractivity contribution in [2.24, 2.45) is 0 Å². The molecule has 2 heteroatoms. The van der Waals surface area contributed by atoms with Gasteiger partial charge in [0.25, 0.3) is 0 Å². The molecule has 1 N–H and O–H groups in total. The second-order valence-corrected chi connectivity index (χ2v) is 4.75. The first-order chi connectivity index (χ1) is 9.29. The highest BCUT2D eigenvalue weighted by molar-refractivity contribution is 5.92. The van der Waals surface area contributed by atoms with Crippen molar-refractivity contribution in [1.29, 1.82) is 0 Å². The SMILES string of the molecule is CNC(C)c1cc2cccc(-c3ccccc3)c2o1. The van der Waals surface area contributed by atoms with E-state index in [1.807, 2.05) is 25.2 Å². The number of nitrogens with one attached hydrogen (secondary N) is 1. The highest BCUT2D eigenvalue weighted by Gasteiger charge is 2.12. The van der Waals surface area contributed by atoms with E-state index in [0.717, 1.165) is 22.3 Å². The van der Waals surface area contributed by atoms with Crippen molar-refractivity contribution in [2.45, 2.75) is 13.0 Å². The molecule has 2 aromatic carbocycles. The van der Waals surface area contributed by atoms with E-state index in [1.165, 1.54) is 5.56 Å². The Morgan fingerprint density at radius 2 is 1.79 bits per heavy atom. The standard InChI is InChI=1S/C17H17NO/c1-12(18-2)16-11-14-9-6-10-15(17(14)19-16)13-7-4-3-5-8-13/h3-12,18H,1-2H3. The van der Waals surface area contributed by atoms with E-state index in [2.05, 4.69) is 48.6 Å². The zero-order valence-corrected chi connectivity index (χ0v) is 11.2. The highest BCUT2D eigenvalue weighted by Crippen LogP contribution is 2.32. The van der Waals surface area contributed by atoms with Gasteiger partial charge >= 0.3 is 0 Å². The molecule has 3 aromatic rings. The number of hydrogen-bond donors (Lipinski definition) is 1. The predicted molar refractivity (Wildman–Crippen MR) is 79.1 cm³/mol. The van der Waals surface area contributed by atoms with E-state index in [1.54, 1.807) is 0 Å². The third kappa shape index (κ3) is 2.15. The third-order valence-corrected chi connectivity index (χ3v) is 3.51. The summed E-state index contributed by atoms with van der Waals surface area (Å²) >= 11 is 0. The number of fused-ring (bicyclic) bond motifs is 1. The molecule has 96 valence electrons. The largest absolute Gasteiger partial charge is 0.459 e. The molecule has 1 heterocycles. The average molecular weight is 251 g/mol. The Labute approximate surface area is 113 Å². The molecular weight excluding hydrogens is 234 g/mol. The lowest BCUT2D eigenvalue weighted by Crippen LogP contribution is -2.10. The summed E-state index contributed by atoms with van der Waals surface area (Å²) in [7, 11) is 1.94. The van der Waals surface area contributed by atoms with Crippen LogP contribution in [0.4, 0.5) is 0 Å². The third-order valence-electron chi connectivity index (χ3n) is 3.51. The molecule has 19 heavy (non-hydrogen) atoms. The summed E-state index contributed by atoms with van der Waals surface area (Å²) < 4.78 is 6.04. The summed E-state index contributed by atoms with van der Waals surface area (Å²) in [5.74, 6) is 0.973. The van der Waals surface area contributed by atoms with E-state index < -0.39 is 0 Å². The number of para-hydroxylation sites is 1. The van der Waals surface area contributed by atoms with Crippen LogP contribution in [0.15, 0.2) is 59.0 Å². The van der Waals surface area contributed by atoms with Crippen molar-refractivity contribution in [3.8, 4) is 11.1 Å². The Morgan fingerprint density at radius 3 is 2.53 bits per heavy atom. The normalized spacial score (nSPS) is 12.7. The van der Waals surface area contributed by atoms with Crippen molar-refractivity contribution in [2.75, 3.05) is 7.05 Å². The van der Waals surface area contributed by atoms with E-state index in [-0.39, 0.29) is 6.04 Å². The van der Waals surface area contributed by atoms with Gasteiger partial charge in [0, 0.05) is 10.9 Å². The quantitative estimate of drug-likeness (QED) is 0.747. The lowest BCUT2D eigenvalue weighted by atomic mass is 10.0. The van der Waals surface area contributed by atoms with Crippen LogP contribution >= 0.6 is 0 Å². The summed E-state index contributed by atoms with van der Waals surface area (Å²) in [4.78, 5) is 0. The second kappa shape index (κ2) is 4.90. The van der Waals surface area contributed by atoms with Gasteiger partial charge in [-0.15, -0.1) is 0 Å². The van der Waals surface area contributed by atoms with Gasteiger partial charge in [0.2, 0.25) is 0 Å². The molecule has 0 amide bonds. The first-order valence-electron chi connectivity index (χ1n) is 6.54. The minimum Gasteiger partial charge on any atom is -0.459 e. The number of benzene rings is 2. The molecule has 0 radical (unpaired) electrons. The minimum absolute atomic E-state index is 0.219. The molecule has 1 unspecified atom stereocenters. The maximum atomic E-state index is 6.04. The van der Waals surface area contributed by atoms with Crippen LogP contribution in [0.2, 0.25) is 0 Å². The summed E-state index contributed by atoms with van der Waals surface area (Å²) in [6.07, 6.45) is 0. The summed E-state index contributed by atoms with van der Waals surface area (Å²) in [5.41, 5.74) is 3.30. The minimum atomic E-state index is 0.219. The van der Waals surface area contributed by atoms with Gasteiger partial charge in [0.15, 0.2) is 0 Å². The number of furan rings is 1. The van der Waals surface area contributed by atoms with Crippen molar-refractivity contribution < 1.29 is 4.42 Å². The van der Waals surface area contributed by atoms with Gasteiger partial charge in [-0.05, 0) is 25.6 Å².